The Labute approximate surface area is 204 Å². The first-order chi connectivity index (χ1) is 16.3. The number of benzene rings is 3. The van der Waals surface area contributed by atoms with Gasteiger partial charge in [-0.15, -0.1) is 0 Å². The van der Waals surface area contributed by atoms with Crippen molar-refractivity contribution in [3.8, 4) is 0 Å². The summed E-state index contributed by atoms with van der Waals surface area (Å²) in [6.45, 7) is 1.87. The smallest absolute Gasteiger partial charge is 0.271 e. The third kappa shape index (κ3) is 3.60. The van der Waals surface area contributed by atoms with E-state index >= 15 is 0 Å². The Morgan fingerprint density at radius 2 is 1.68 bits per heavy atom. The monoisotopic (exact) mass is 497 g/mol. The van der Waals surface area contributed by atoms with Gasteiger partial charge < -0.3 is 0 Å². The fourth-order valence-corrected chi connectivity index (χ4v) is 4.98. The van der Waals surface area contributed by atoms with E-state index in [1.807, 2.05) is 13.0 Å². The van der Waals surface area contributed by atoms with Crippen LogP contribution in [0, 0.1) is 23.0 Å². The van der Waals surface area contributed by atoms with Gasteiger partial charge in [0, 0.05) is 22.2 Å². The number of nitro benzene ring substituents is 1. The van der Waals surface area contributed by atoms with Gasteiger partial charge in [0.05, 0.1) is 22.3 Å². The Kier molecular flexibility index (Phi) is 5.51. The van der Waals surface area contributed by atoms with E-state index in [1.54, 1.807) is 36.4 Å². The number of halogens is 2. The first-order valence-electron chi connectivity index (χ1n) is 10.4. The fourth-order valence-electron chi connectivity index (χ4n) is 4.46. The average molecular weight is 498 g/mol. The highest BCUT2D eigenvalue weighted by Gasteiger charge is 2.60. The summed E-state index contributed by atoms with van der Waals surface area (Å²) in [6.07, 6.45) is -1.12. The number of rotatable bonds is 4. The molecule has 2 fully saturated rings. The SMILES string of the molecule is Cc1cccc(N2C(=O)[C@H]3[C@H](ON(c4cccc([N+](=O)[O-])c4)[C@H]3c3ccc(Cl)cc3Cl)C2=O)c1. The van der Waals surface area contributed by atoms with Crippen LogP contribution in [0.25, 0.3) is 0 Å². The molecule has 0 aromatic heterocycles. The van der Waals surface area contributed by atoms with E-state index in [0.717, 1.165) is 10.5 Å². The molecule has 0 N–H and O–H groups in total. The van der Waals surface area contributed by atoms with Crippen LogP contribution in [0.5, 0.6) is 0 Å². The Hall–Kier alpha value is -3.46. The number of hydrogen-bond acceptors (Lipinski definition) is 6. The minimum atomic E-state index is -1.12. The van der Waals surface area contributed by atoms with Crippen LogP contribution >= 0.6 is 23.2 Å². The maximum absolute atomic E-state index is 13.6. The molecule has 0 aliphatic carbocycles. The van der Waals surface area contributed by atoms with Gasteiger partial charge in [0.2, 0.25) is 5.91 Å². The number of non-ortho nitro benzene ring substituents is 1. The predicted octanol–water partition coefficient (Wildman–Crippen LogP) is 5.26. The number of hydrogen-bond donors (Lipinski definition) is 0. The van der Waals surface area contributed by atoms with Gasteiger partial charge in [0.1, 0.15) is 5.92 Å². The van der Waals surface area contributed by atoms with E-state index in [1.165, 1.54) is 29.3 Å². The number of carbonyl (C=O) groups is 2. The number of carbonyl (C=O) groups excluding carboxylic acids is 2. The largest absolute Gasteiger partial charge is 0.273 e. The molecule has 2 aliphatic heterocycles. The van der Waals surface area contributed by atoms with Crippen molar-refractivity contribution in [2.24, 2.45) is 5.92 Å². The van der Waals surface area contributed by atoms with Gasteiger partial charge in [-0.1, -0.05) is 47.5 Å². The molecule has 0 unspecified atom stereocenters. The zero-order chi connectivity index (χ0) is 24.1. The van der Waals surface area contributed by atoms with Gasteiger partial charge in [-0.3, -0.25) is 24.5 Å². The number of imide groups is 1. The van der Waals surface area contributed by atoms with E-state index in [0.29, 0.717) is 22.0 Å². The van der Waals surface area contributed by atoms with Gasteiger partial charge in [-0.25, -0.2) is 9.96 Å². The molecular weight excluding hydrogens is 481 g/mol. The number of nitro groups is 1. The van der Waals surface area contributed by atoms with Crippen LogP contribution in [-0.2, 0) is 14.4 Å². The molecule has 0 bridgehead atoms. The molecule has 34 heavy (non-hydrogen) atoms. The summed E-state index contributed by atoms with van der Waals surface area (Å²) in [5.74, 6) is -1.88. The van der Waals surface area contributed by atoms with Crippen LogP contribution in [0.4, 0.5) is 17.1 Å². The summed E-state index contributed by atoms with van der Waals surface area (Å²) in [7, 11) is 0. The molecule has 10 heteroatoms. The predicted molar refractivity (Wildman–Crippen MR) is 127 cm³/mol. The van der Waals surface area contributed by atoms with Gasteiger partial charge >= 0.3 is 0 Å². The van der Waals surface area contributed by atoms with Gasteiger partial charge in [0.25, 0.3) is 11.6 Å². The molecule has 0 radical (unpaired) electrons. The van der Waals surface area contributed by atoms with Crippen LogP contribution in [0.15, 0.2) is 66.7 Å². The molecule has 8 nitrogen and oxygen atoms in total. The van der Waals surface area contributed by atoms with Crippen molar-refractivity contribution in [1.82, 2.24) is 0 Å². The van der Waals surface area contributed by atoms with Gasteiger partial charge in [0.15, 0.2) is 6.10 Å². The molecule has 172 valence electrons. The van der Waals surface area contributed by atoms with Crippen LogP contribution in [-0.4, -0.2) is 22.8 Å². The number of hydroxylamine groups is 1. The molecule has 3 aromatic rings. The summed E-state index contributed by atoms with van der Waals surface area (Å²) >= 11 is 12.6. The van der Waals surface area contributed by atoms with E-state index in [4.69, 9.17) is 28.0 Å². The van der Waals surface area contributed by atoms with Crippen LogP contribution < -0.4 is 9.96 Å². The Bertz CT molecular complexity index is 1350. The molecule has 5 rings (SSSR count). The first-order valence-corrected chi connectivity index (χ1v) is 11.1. The normalized spacial score (nSPS) is 21.8. The van der Waals surface area contributed by atoms with Crippen LogP contribution in [0.2, 0.25) is 10.0 Å². The summed E-state index contributed by atoms with van der Waals surface area (Å²) in [5, 5.41) is 13.4. The van der Waals surface area contributed by atoms with Crippen molar-refractivity contribution in [2.45, 2.75) is 19.1 Å². The summed E-state index contributed by atoms with van der Waals surface area (Å²) in [6, 6.07) is 16.9. The summed E-state index contributed by atoms with van der Waals surface area (Å²) < 4.78 is 0. The lowest BCUT2D eigenvalue weighted by atomic mass is 9.90. The van der Waals surface area contributed by atoms with E-state index in [-0.39, 0.29) is 10.7 Å². The van der Waals surface area contributed by atoms with E-state index in [9.17, 15) is 19.7 Å². The minimum Gasteiger partial charge on any atom is -0.273 e. The Morgan fingerprint density at radius 1 is 0.941 bits per heavy atom. The highest BCUT2D eigenvalue weighted by atomic mass is 35.5. The zero-order valence-electron chi connectivity index (χ0n) is 17.7. The number of fused-ring (bicyclic) bond motifs is 1. The summed E-state index contributed by atoms with van der Waals surface area (Å²) in [5.41, 5.74) is 2.03. The molecule has 2 saturated heterocycles. The van der Waals surface area contributed by atoms with Crippen molar-refractivity contribution in [1.29, 1.82) is 0 Å². The third-order valence-electron chi connectivity index (χ3n) is 5.95. The highest BCUT2D eigenvalue weighted by molar-refractivity contribution is 6.35. The molecule has 2 amide bonds. The van der Waals surface area contributed by atoms with Crippen molar-refractivity contribution in [3.05, 3.63) is 98.0 Å². The molecule has 0 spiro atoms. The number of nitrogens with zero attached hydrogens (tertiary/aromatic N) is 3. The molecule has 2 aliphatic rings. The fraction of sp³-hybridized carbons (Fsp3) is 0.167. The van der Waals surface area contributed by atoms with E-state index in [2.05, 4.69) is 0 Å². The van der Waals surface area contributed by atoms with Crippen LogP contribution in [0.1, 0.15) is 17.2 Å². The Morgan fingerprint density at radius 3 is 2.38 bits per heavy atom. The Balaban J connectivity index is 1.63. The van der Waals surface area contributed by atoms with E-state index < -0.39 is 34.8 Å². The number of anilines is 2. The summed E-state index contributed by atoms with van der Waals surface area (Å²) in [4.78, 5) is 45.0. The standard InChI is InChI=1S/C24H17Cl2N3O5/c1-13-4-2-5-15(10-13)27-23(30)20-21(18-9-8-14(25)11-19(18)26)28(34-22(20)24(27)31)16-6-3-7-17(12-16)29(32)33/h2-12,20-22H,1H3/t20-,21+,22+/m1/s1. The van der Waals surface area contributed by atoms with Gasteiger partial charge in [-0.05, 0) is 48.4 Å². The molecule has 2 heterocycles. The second-order valence-corrected chi connectivity index (χ2v) is 8.96. The third-order valence-corrected chi connectivity index (χ3v) is 6.51. The van der Waals surface area contributed by atoms with Gasteiger partial charge in [-0.2, -0.15) is 0 Å². The molecule has 3 aromatic carbocycles. The lowest BCUT2D eigenvalue weighted by molar-refractivity contribution is -0.384. The van der Waals surface area contributed by atoms with Crippen molar-refractivity contribution < 1.29 is 19.3 Å². The topological polar surface area (TPSA) is 93.0 Å². The lowest BCUT2D eigenvalue weighted by Gasteiger charge is -2.29. The molecular formula is C24H17Cl2N3O5. The average Bonchev–Trinajstić information content (AvgIpc) is 3.30. The molecule has 0 saturated carbocycles. The number of amides is 2. The van der Waals surface area contributed by atoms with Crippen LogP contribution in [0.3, 0.4) is 0 Å². The van der Waals surface area contributed by atoms with Crippen molar-refractivity contribution in [2.75, 3.05) is 9.96 Å². The second kappa shape index (κ2) is 8.39. The number of aryl methyl sites for hydroxylation is 1. The highest BCUT2D eigenvalue weighted by Crippen LogP contribution is 2.49. The molecule has 3 atom stereocenters. The lowest BCUT2D eigenvalue weighted by Crippen LogP contribution is -2.37. The first kappa shape index (κ1) is 22.3. The minimum absolute atomic E-state index is 0.154. The second-order valence-electron chi connectivity index (χ2n) is 8.12. The van der Waals surface area contributed by atoms with Crippen molar-refractivity contribution >= 4 is 52.1 Å². The quantitative estimate of drug-likeness (QED) is 0.277. The zero-order valence-corrected chi connectivity index (χ0v) is 19.2. The maximum Gasteiger partial charge on any atom is 0.271 e. The van der Waals surface area contributed by atoms with Crippen molar-refractivity contribution in [3.63, 3.8) is 0 Å². The maximum atomic E-state index is 13.6.